The van der Waals surface area contributed by atoms with E-state index in [0.717, 1.165) is 14.9 Å². The number of esters is 1. The molecule has 0 saturated heterocycles. The Labute approximate surface area is 127 Å². The number of halogens is 1. The zero-order chi connectivity index (χ0) is 13.8. The molecule has 0 aliphatic heterocycles. The van der Waals surface area contributed by atoms with Crippen LogP contribution in [0.5, 0.6) is 0 Å². The van der Waals surface area contributed by atoms with E-state index in [4.69, 9.17) is 0 Å². The van der Waals surface area contributed by atoms with E-state index >= 15 is 0 Å². The molecule has 1 amide bonds. The Morgan fingerprint density at radius 1 is 1.42 bits per heavy atom. The fraction of sp³-hybridized carbons (Fsp3) is 0.0833. The number of thiazole rings is 1. The quantitative estimate of drug-likeness (QED) is 0.649. The van der Waals surface area contributed by atoms with Gasteiger partial charge in [0.1, 0.15) is 4.88 Å². The number of hydrogen-bond donors (Lipinski definition) is 1. The molecule has 98 valence electrons. The van der Waals surface area contributed by atoms with Crippen molar-refractivity contribution in [2.75, 3.05) is 12.4 Å². The van der Waals surface area contributed by atoms with Gasteiger partial charge < -0.3 is 4.74 Å². The van der Waals surface area contributed by atoms with Crippen molar-refractivity contribution >= 4 is 50.9 Å². The fourth-order valence-electron chi connectivity index (χ4n) is 1.33. The number of methoxy groups -OCH3 is 1. The van der Waals surface area contributed by atoms with Crippen molar-refractivity contribution in [1.29, 1.82) is 0 Å². The molecule has 19 heavy (non-hydrogen) atoms. The van der Waals surface area contributed by atoms with Crippen LogP contribution in [0.3, 0.4) is 0 Å². The third-order valence-electron chi connectivity index (χ3n) is 2.20. The van der Waals surface area contributed by atoms with Crippen LogP contribution >= 0.6 is 33.9 Å². The van der Waals surface area contributed by atoms with Gasteiger partial charge in [-0.2, -0.15) is 0 Å². The summed E-state index contributed by atoms with van der Waals surface area (Å²) in [6.07, 6.45) is 1.38. The molecular weight excluding hydrogens is 379 g/mol. The zero-order valence-electron chi connectivity index (χ0n) is 9.84. The van der Waals surface area contributed by atoms with Gasteiger partial charge in [0.2, 0.25) is 0 Å². The standard InChI is InChI=1S/C12H9IN2O3S/c1-18-11(17)9-6-14-12(19-9)15-10(16)7-3-2-4-8(13)5-7/h2-6H,1H3,(H,14,15,16). The number of nitrogens with one attached hydrogen (secondary N) is 1. The minimum atomic E-state index is -0.466. The van der Waals surface area contributed by atoms with Gasteiger partial charge in [-0.05, 0) is 40.8 Å². The van der Waals surface area contributed by atoms with Gasteiger partial charge in [-0.25, -0.2) is 9.78 Å². The van der Waals surface area contributed by atoms with E-state index in [9.17, 15) is 9.59 Å². The van der Waals surface area contributed by atoms with Crippen LogP contribution in [-0.2, 0) is 4.74 Å². The van der Waals surface area contributed by atoms with E-state index in [1.54, 1.807) is 18.2 Å². The number of benzene rings is 1. The minimum Gasteiger partial charge on any atom is -0.465 e. The summed E-state index contributed by atoms with van der Waals surface area (Å²) in [4.78, 5) is 27.5. The summed E-state index contributed by atoms with van der Waals surface area (Å²) in [5, 5.41) is 3.01. The van der Waals surface area contributed by atoms with Gasteiger partial charge in [0, 0.05) is 9.13 Å². The van der Waals surface area contributed by atoms with Gasteiger partial charge in [-0.15, -0.1) is 0 Å². The lowest BCUT2D eigenvalue weighted by atomic mass is 10.2. The van der Waals surface area contributed by atoms with Crippen LogP contribution in [0.1, 0.15) is 20.0 Å². The van der Waals surface area contributed by atoms with Crippen molar-refractivity contribution in [3.05, 3.63) is 44.5 Å². The first-order valence-corrected chi connectivity index (χ1v) is 7.10. The molecule has 0 atom stereocenters. The van der Waals surface area contributed by atoms with Gasteiger partial charge in [-0.1, -0.05) is 17.4 Å². The minimum absolute atomic E-state index is 0.260. The van der Waals surface area contributed by atoms with E-state index in [1.165, 1.54) is 13.3 Å². The summed E-state index contributed by atoms with van der Waals surface area (Å²) in [6, 6.07) is 7.19. The highest BCUT2D eigenvalue weighted by atomic mass is 127. The molecule has 2 aromatic rings. The van der Waals surface area contributed by atoms with Crippen molar-refractivity contribution in [3.63, 3.8) is 0 Å². The number of ether oxygens (including phenoxy) is 1. The SMILES string of the molecule is COC(=O)c1cnc(NC(=O)c2cccc(I)c2)s1. The average molecular weight is 388 g/mol. The van der Waals surface area contributed by atoms with Crippen LogP contribution in [0.25, 0.3) is 0 Å². The van der Waals surface area contributed by atoms with Crippen LogP contribution in [0.15, 0.2) is 30.5 Å². The van der Waals surface area contributed by atoms with Crippen LogP contribution in [0.4, 0.5) is 5.13 Å². The highest BCUT2D eigenvalue weighted by Crippen LogP contribution is 2.19. The van der Waals surface area contributed by atoms with Crippen LogP contribution in [0, 0.1) is 3.57 Å². The average Bonchev–Trinajstić information content (AvgIpc) is 2.86. The molecule has 7 heteroatoms. The second-order valence-corrected chi connectivity index (χ2v) is 5.76. The lowest BCUT2D eigenvalue weighted by Crippen LogP contribution is -2.11. The normalized spacial score (nSPS) is 10.0. The summed E-state index contributed by atoms with van der Waals surface area (Å²) < 4.78 is 5.54. The monoisotopic (exact) mass is 388 g/mol. The highest BCUT2D eigenvalue weighted by Gasteiger charge is 2.13. The summed E-state index contributed by atoms with van der Waals surface area (Å²) in [6.45, 7) is 0. The lowest BCUT2D eigenvalue weighted by Gasteiger charge is -2.01. The van der Waals surface area contributed by atoms with Crippen LogP contribution in [-0.4, -0.2) is 24.0 Å². The van der Waals surface area contributed by atoms with E-state index in [0.29, 0.717) is 15.6 Å². The van der Waals surface area contributed by atoms with Crippen molar-refractivity contribution in [1.82, 2.24) is 4.98 Å². The van der Waals surface area contributed by atoms with Gasteiger partial charge in [0.15, 0.2) is 5.13 Å². The molecule has 2 rings (SSSR count). The first-order chi connectivity index (χ1) is 9.10. The van der Waals surface area contributed by atoms with Crippen molar-refractivity contribution in [2.45, 2.75) is 0 Å². The van der Waals surface area contributed by atoms with E-state index in [2.05, 4.69) is 37.6 Å². The maximum Gasteiger partial charge on any atom is 0.349 e. The Morgan fingerprint density at radius 2 is 2.21 bits per heavy atom. The summed E-state index contributed by atoms with van der Waals surface area (Å²) in [5.41, 5.74) is 0.543. The molecule has 0 aliphatic rings. The molecule has 1 N–H and O–H groups in total. The van der Waals surface area contributed by atoms with Crippen LogP contribution in [0.2, 0.25) is 0 Å². The second kappa shape index (κ2) is 6.11. The molecule has 1 aromatic heterocycles. The molecule has 0 fully saturated rings. The van der Waals surface area contributed by atoms with Crippen molar-refractivity contribution in [3.8, 4) is 0 Å². The Bertz CT molecular complexity index is 627. The van der Waals surface area contributed by atoms with Crippen LogP contribution < -0.4 is 5.32 Å². The molecule has 0 aliphatic carbocycles. The van der Waals surface area contributed by atoms with Gasteiger partial charge in [0.05, 0.1) is 13.3 Å². The summed E-state index contributed by atoms with van der Waals surface area (Å²) >= 11 is 3.21. The fourth-order valence-corrected chi connectivity index (χ4v) is 2.60. The Morgan fingerprint density at radius 3 is 2.89 bits per heavy atom. The Kier molecular flexibility index (Phi) is 4.48. The lowest BCUT2D eigenvalue weighted by molar-refractivity contribution is 0.0606. The predicted molar refractivity (Wildman–Crippen MR) is 80.6 cm³/mol. The zero-order valence-corrected chi connectivity index (χ0v) is 12.8. The third-order valence-corrected chi connectivity index (χ3v) is 3.76. The van der Waals surface area contributed by atoms with Crippen molar-refractivity contribution in [2.24, 2.45) is 0 Å². The molecule has 0 saturated carbocycles. The van der Waals surface area contributed by atoms with Gasteiger partial charge in [0.25, 0.3) is 5.91 Å². The molecule has 0 bridgehead atoms. The first-order valence-electron chi connectivity index (χ1n) is 5.21. The van der Waals surface area contributed by atoms with Crippen molar-refractivity contribution < 1.29 is 14.3 Å². The number of aromatic nitrogens is 1. The third kappa shape index (κ3) is 3.51. The summed E-state index contributed by atoms with van der Waals surface area (Å²) in [5.74, 6) is -0.725. The predicted octanol–water partition coefficient (Wildman–Crippen LogP) is 2.79. The van der Waals surface area contributed by atoms with E-state index in [-0.39, 0.29) is 5.91 Å². The maximum atomic E-state index is 12.0. The maximum absolute atomic E-state index is 12.0. The Hall–Kier alpha value is -1.48. The number of amides is 1. The second-order valence-electron chi connectivity index (χ2n) is 3.49. The van der Waals surface area contributed by atoms with Gasteiger partial charge in [-0.3, -0.25) is 10.1 Å². The molecule has 0 spiro atoms. The largest absolute Gasteiger partial charge is 0.465 e. The number of anilines is 1. The first kappa shape index (κ1) is 13.9. The smallest absolute Gasteiger partial charge is 0.349 e. The Balaban J connectivity index is 2.11. The number of rotatable bonds is 3. The number of hydrogen-bond acceptors (Lipinski definition) is 5. The molecule has 0 radical (unpaired) electrons. The number of nitrogens with zero attached hydrogens (tertiary/aromatic N) is 1. The molecule has 0 unspecified atom stereocenters. The van der Waals surface area contributed by atoms with Gasteiger partial charge >= 0.3 is 5.97 Å². The molecule has 1 heterocycles. The number of carbonyl (C=O) groups excluding carboxylic acids is 2. The highest BCUT2D eigenvalue weighted by molar-refractivity contribution is 14.1. The van der Waals surface area contributed by atoms with E-state index < -0.39 is 5.97 Å². The summed E-state index contributed by atoms with van der Waals surface area (Å²) in [7, 11) is 1.30. The van der Waals surface area contributed by atoms with E-state index in [1.807, 2.05) is 6.07 Å². The molecule has 1 aromatic carbocycles. The molecule has 5 nitrogen and oxygen atoms in total. The topological polar surface area (TPSA) is 68.3 Å². The molecular formula is C12H9IN2O3S. The number of carbonyl (C=O) groups is 2.